The van der Waals surface area contributed by atoms with Gasteiger partial charge in [0.25, 0.3) is 0 Å². The first-order valence-corrected chi connectivity index (χ1v) is 15.7. The topological polar surface area (TPSA) is 26.3 Å². The van der Waals surface area contributed by atoms with Crippen molar-refractivity contribution in [2.24, 2.45) is 0 Å². The van der Waals surface area contributed by atoms with Crippen LogP contribution in [0.15, 0.2) is 167 Å². The van der Waals surface area contributed by atoms with Crippen molar-refractivity contribution < 1.29 is 8.83 Å². The van der Waals surface area contributed by atoms with Crippen LogP contribution in [0.1, 0.15) is 0 Å². The summed E-state index contributed by atoms with van der Waals surface area (Å²) in [6.45, 7) is 0. The summed E-state index contributed by atoms with van der Waals surface area (Å²) in [6, 6.07) is 56.0. The van der Waals surface area contributed by atoms with E-state index in [0.29, 0.717) is 0 Å². The molecule has 10 aromatic rings. The Morgan fingerprint density at radius 1 is 0.304 bits per heavy atom. The molecule has 0 fully saturated rings. The van der Waals surface area contributed by atoms with E-state index in [4.69, 9.17) is 8.83 Å². The monoisotopic (exact) mass is 586 g/mol. The molecule has 0 aliphatic carbocycles. The molecule has 2 nitrogen and oxygen atoms in total. The fourth-order valence-electron chi connectivity index (χ4n) is 7.49. The molecule has 0 amide bonds. The molecular weight excluding hydrogens is 560 g/mol. The lowest BCUT2D eigenvalue weighted by molar-refractivity contribution is 0.630. The van der Waals surface area contributed by atoms with E-state index in [2.05, 4.69) is 146 Å². The van der Waals surface area contributed by atoms with Gasteiger partial charge in [0.05, 0.1) is 0 Å². The van der Waals surface area contributed by atoms with E-state index in [-0.39, 0.29) is 0 Å². The highest BCUT2D eigenvalue weighted by Crippen LogP contribution is 2.50. The Balaban J connectivity index is 1.37. The fraction of sp³-hybridized carbons (Fsp3) is 0. The van der Waals surface area contributed by atoms with Crippen molar-refractivity contribution >= 4 is 65.2 Å². The molecule has 0 aliphatic rings. The van der Waals surface area contributed by atoms with Crippen LogP contribution < -0.4 is 0 Å². The Labute approximate surface area is 264 Å². The number of benzene rings is 8. The van der Waals surface area contributed by atoms with Crippen molar-refractivity contribution in [3.63, 3.8) is 0 Å². The number of hydrogen-bond donors (Lipinski definition) is 0. The number of para-hydroxylation sites is 1. The minimum atomic E-state index is 0.812. The van der Waals surface area contributed by atoms with Crippen molar-refractivity contribution in [3.05, 3.63) is 158 Å². The molecule has 46 heavy (non-hydrogen) atoms. The summed E-state index contributed by atoms with van der Waals surface area (Å²) in [5.41, 5.74) is 8.32. The molecule has 0 aliphatic heterocycles. The predicted octanol–water partition coefficient (Wildman–Crippen LogP) is 12.8. The van der Waals surface area contributed by atoms with Crippen molar-refractivity contribution in [3.8, 4) is 33.6 Å². The van der Waals surface area contributed by atoms with Gasteiger partial charge >= 0.3 is 0 Å². The molecule has 8 aromatic carbocycles. The van der Waals surface area contributed by atoms with Gasteiger partial charge in [0.1, 0.15) is 22.5 Å². The lowest BCUT2D eigenvalue weighted by Gasteiger charge is -2.18. The fourth-order valence-corrected chi connectivity index (χ4v) is 7.49. The maximum Gasteiger partial charge on any atom is 0.144 e. The van der Waals surface area contributed by atoms with Crippen molar-refractivity contribution in [1.29, 1.82) is 0 Å². The van der Waals surface area contributed by atoms with Crippen LogP contribution in [0.5, 0.6) is 0 Å². The lowest BCUT2D eigenvalue weighted by Crippen LogP contribution is -1.92. The highest BCUT2D eigenvalue weighted by molar-refractivity contribution is 6.25. The maximum atomic E-state index is 7.02. The maximum absolute atomic E-state index is 7.02. The average molecular weight is 587 g/mol. The smallest absolute Gasteiger partial charge is 0.144 e. The van der Waals surface area contributed by atoms with Crippen LogP contribution >= 0.6 is 0 Å². The van der Waals surface area contributed by atoms with Crippen molar-refractivity contribution in [2.75, 3.05) is 0 Å². The Morgan fingerprint density at radius 3 is 1.61 bits per heavy atom. The van der Waals surface area contributed by atoms with Gasteiger partial charge in [0.15, 0.2) is 0 Å². The number of hydrogen-bond acceptors (Lipinski definition) is 2. The average Bonchev–Trinajstić information content (AvgIpc) is 3.67. The molecule has 0 saturated carbocycles. The third kappa shape index (κ3) is 3.59. The van der Waals surface area contributed by atoms with Crippen LogP contribution in [0, 0.1) is 0 Å². The molecule has 214 valence electrons. The highest BCUT2D eigenvalue weighted by Gasteiger charge is 2.25. The molecule has 0 atom stereocenters. The summed E-state index contributed by atoms with van der Waals surface area (Å²) in [6.07, 6.45) is 0. The van der Waals surface area contributed by atoms with Crippen LogP contribution in [0.3, 0.4) is 0 Å². The first-order valence-electron chi connectivity index (χ1n) is 15.7. The Bertz CT molecular complexity index is 2740. The summed E-state index contributed by atoms with van der Waals surface area (Å²) in [7, 11) is 0. The summed E-state index contributed by atoms with van der Waals surface area (Å²) in [5, 5.41) is 10.5. The molecule has 0 spiro atoms. The summed E-state index contributed by atoms with van der Waals surface area (Å²) >= 11 is 0. The van der Waals surface area contributed by atoms with E-state index in [1.807, 2.05) is 12.1 Å². The Hall–Kier alpha value is -6.12. The second-order valence-electron chi connectivity index (χ2n) is 12.0. The molecule has 2 heterocycles. The molecule has 10 rings (SSSR count). The largest absolute Gasteiger partial charge is 0.456 e. The molecule has 2 heteroatoms. The molecule has 0 saturated heterocycles. The van der Waals surface area contributed by atoms with Crippen LogP contribution in [0.25, 0.3) is 98.8 Å². The molecule has 0 unspecified atom stereocenters. The van der Waals surface area contributed by atoms with Gasteiger partial charge in [-0.1, -0.05) is 140 Å². The van der Waals surface area contributed by atoms with Crippen LogP contribution in [0.2, 0.25) is 0 Å². The molecular formula is C44H26O2. The third-order valence-corrected chi connectivity index (χ3v) is 9.47. The summed E-state index contributed by atoms with van der Waals surface area (Å²) < 4.78 is 13.3. The quantitative estimate of drug-likeness (QED) is 0.193. The van der Waals surface area contributed by atoms with E-state index in [0.717, 1.165) is 66.1 Å². The van der Waals surface area contributed by atoms with Crippen LogP contribution in [-0.4, -0.2) is 0 Å². The Morgan fingerprint density at radius 2 is 0.870 bits per heavy atom. The zero-order chi connectivity index (χ0) is 30.2. The molecule has 0 bridgehead atoms. The molecule has 0 radical (unpaired) electrons. The number of fused-ring (bicyclic) bond motifs is 7. The third-order valence-electron chi connectivity index (χ3n) is 9.47. The number of rotatable bonds is 3. The van der Waals surface area contributed by atoms with Crippen molar-refractivity contribution in [2.45, 2.75) is 0 Å². The zero-order valence-corrected chi connectivity index (χ0v) is 24.8. The lowest BCUT2D eigenvalue weighted by atomic mass is 9.85. The van der Waals surface area contributed by atoms with E-state index in [1.54, 1.807) is 0 Å². The summed E-state index contributed by atoms with van der Waals surface area (Å²) in [5.74, 6) is 0.870. The van der Waals surface area contributed by atoms with Gasteiger partial charge in [-0.15, -0.1) is 0 Å². The van der Waals surface area contributed by atoms with E-state index < -0.39 is 0 Å². The normalized spacial score (nSPS) is 11.9. The molecule has 2 aromatic heterocycles. The van der Waals surface area contributed by atoms with Gasteiger partial charge in [0, 0.05) is 33.4 Å². The zero-order valence-electron chi connectivity index (χ0n) is 24.8. The van der Waals surface area contributed by atoms with Gasteiger partial charge in [-0.2, -0.15) is 0 Å². The molecule has 0 N–H and O–H groups in total. The minimum Gasteiger partial charge on any atom is -0.456 e. The van der Waals surface area contributed by atoms with E-state index >= 15 is 0 Å². The van der Waals surface area contributed by atoms with Gasteiger partial charge in [-0.25, -0.2) is 0 Å². The Kier molecular flexibility index (Phi) is 5.31. The van der Waals surface area contributed by atoms with Crippen molar-refractivity contribution in [1.82, 2.24) is 0 Å². The second-order valence-corrected chi connectivity index (χ2v) is 12.0. The van der Waals surface area contributed by atoms with Crippen LogP contribution in [-0.2, 0) is 0 Å². The first-order chi connectivity index (χ1) is 22.8. The summed E-state index contributed by atoms with van der Waals surface area (Å²) in [4.78, 5) is 0. The highest BCUT2D eigenvalue weighted by atomic mass is 16.3. The second kappa shape index (κ2) is 9.69. The first kappa shape index (κ1) is 25.2. The van der Waals surface area contributed by atoms with Gasteiger partial charge < -0.3 is 8.83 Å². The minimum absolute atomic E-state index is 0.812. The SMILES string of the molecule is c1ccc(-c2c(-c3c4ccccc4c(-c4cccc5ccccc45)c4ccccc34)oc3cc4oc5ccccc5c4cc23)cc1. The predicted molar refractivity (Wildman–Crippen MR) is 192 cm³/mol. The van der Waals surface area contributed by atoms with Gasteiger partial charge in [-0.3, -0.25) is 0 Å². The van der Waals surface area contributed by atoms with E-state index in [1.165, 1.54) is 32.7 Å². The van der Waals surface area contributed by atoms with Crippen LogP contribution in [0.4, 0.5) is 0 Å². The van der Waals surface area contributed by atoms with Gasteiger partial charge in [-0.05, 0) is 61.1 Å². The van der Waals surface area contributed by atoms with E-state index in [9.17, 15) is 0 Å². The van der Waals surface area contributed by atoms with Gasteiger partial charge in [0.2, 0.25) is 0 Å². The number of furan rings is 2. The standard InChI is InChI=1S/C44H26O2/c1-2-14-28(15-3-1)41-37-25-36-30-18-10-11-24-38(30)45-39(36)26-40(37)46-44(41)43-34-21-8-6-19-32(34)42(33-20-7-9-22-35(33)43)31-23-12-16-27-13-4-5-17-29(27)31/h1-26H.